The first-order valence-electron chi connectivity index (χ1n) is 6.15. The molecule has 0 unspecified atom stereocenters. The van der Waals surface area contributed by atoms with Crippen molar-refractivity contribution in [3.8, 4) is 0 Å². The SMILES string of the molecule is Cc1cnc(NC(=O)c2nc(C)sc2CC(C)C)s1. The predicted molar refractivity (Wildman–Crippen MR) is 80.2 cm³/mol. The third-order valence-electron chi connectivity index (χ3n) is 2.45. The van der Waals surface area contributed by atoms with E-state index in [-0.39, 0.29) is 5.91 Å². The van der Waals surface area contributed by atoms with Crippen LogP contribution in [0.2, 0.25) is 0 Å². The van der Waals surface area contributed by atoms with Crippen molar-refractivity contribution in [2.24, 2.45) is 5.92 Å². The Balaban J connectivity index is 2.18. The van der Waals surface area contributed by atoms with Crippen molar-refractivity contribution in [3.63, 3.8) is 0 Å². The summed E-state index contributed by atoms with van der Waals surface area (Å²) in [7, 11) is 0. The van der Waals surface area contributed by atoms with Gasteiger partial charge in [-0.2, -0.15) is 0 Å². The third-order valence-corrected chi connectivity index (χ3v) is 4.28. The summed E-state index contributed by atoms with van der Waals surface area (Å²) in [6.07, 6.45) is 2.63. The van der Waals surface area contributed by atoms with E-state index in [4.69, 9.17) is 0 Å². The van der Waals surface area contributed by atoms with Gasteiger partial charge in [-0.05, 0) is 26.2 Å². The Bertz CT molecular complexity index is 586. The number of thiazole rings is 2. The van der Waals surface area contributed by atoms with Crippen molar-refractivity contribution < 1.29 is 4.79 Å². The van der Waals surface area contributed by atoms with Crippen molar-refractivity contribution in [3.05, 3.63) is 26.7 Å². The van der Waals surface area contributed by atoms with Gasteiger partial charge < -0.3 is 0 Å². The van der Waals surface area contributed by atoms with Gasteiger partial charge in [0.2, 0.25) is 0 Å². The molecule has 0 spiro atoms. The molecule has 0 saturated carbocycles. The topological polar surface area (TPSA) is 54.9 Å². The van der Waals surface area contributed by atoms with Gasteiger partial charge in [0, 0.05) is 16.0 Å². The molecule has 2 rings (SSSR count). The van der Waals surface area contributed by atoms with Gasteiger partial charge in [-0.3, -0.25) is 10.1 Å². The highest BCUT2D eigenvalue weighted by Gasteiger charge is 2.18. The molecular weight excluding hydrogens is 278 g/mol. The molecule has 0 saturated heterocycles. The molecule has 0 bridgehead atoms. The maximum Gasteiger partial charge on any atom is 0.277 e. The molecule has 2 aromatic rings. The summed E-state index contributed by atoms with van der Waals surface area (Å²) >= 11 is 3.07. The molecule has 102 valence electrons. The summed E-state index contributed by atoms with van der Waals surface area (Å²) < 4.78 is 0. The van der Waals surface area contributed by atoms with Crippen LogP contribution in [-0.2, 0) is 6.42 Å². The van der Waals surface area contributed by atoms with Crippen molar-refractivity contribution >= 4 is 33.7 Å². The van der Waals surface area contributed by atoms with E-state index in [0.717, 1.165) is 21.2 Å². The van der Waals surface area contributed by atoms with Gasteiger partial charge in [-0.25, -0.2) is 9.97 Å². The lowest BCUT2D eigenvalue weighted by Gasteiger charge is -2.04. The molecule has 1 N–H and O–H groups in total. The van der Waals surface area contributed by atoms with E-state index < -0.39 is 0 Å². The molecule has 0 aliphatic rings. The number of hydrogen-bond acceptors (Lipinski definition) is 5. The molecule has 1 amide bonds. The number of hydrogen-bond donors (Lipinski definition) is 1. The lowest BCUT2D eigenvalue weighted by molar-refractivity contribution is 0.102. The van der Waals surface area contributed by atoms with Gasteiger partial charge in [-0.1, -0.05) is 13.8 Å². The van der Waals surface area contributed by atoms with Gasteiger partial charge in [0.1, 0.15) is 5.69 Å². The number of carbonyl (C=O) groups is 1. The Kier molecular flexibility index (Phi) is 4.31. The second-order valence-electron chi connectivity index (χ2n) is 4.83. The van der Waals surface area contributed by atoms with Crippen LogP contribution in [0.15, 0.2) is 6.20 Å². The first-order chi connectivity index (χ1) is 8.95. The molecule has 0 atom stereocenters. The molecule has 0 radical (unpaired) electrons. The van der Waals surface area contributed by atoms with Crippen molar-refractivity contribution in [2.45, 2.75) is 34.1 Å². The molecule has 0 aromatic carbocycles. The quantitative estimate of drug-likeness (QED) is 0.936. The summed E-state index contributed by atoms with van der Waals surface area (Å²) in [5, 5.41) is 4.37. The number of nitrogens with zero attached hydrogens (tertiary/aromatic N) is 2. The Morgan fingerprint density at radius 2 is 2.11 bits per heavy atom. The Morgan fingerprint density at radius 1 is 1.37 bits per heavy atom. The Morgan fingerprint density at radius 3 is 2.68 bits per heavy atom. The lowest BCUT2D eigenvalue weighted by atomic mass is 10.1. The minimum absolute atomic E-state index is 0.158. The highest BCUT2D eigenvalue weighted by Crippen LogP contribution is 2.23. The molecule has 0 fully saturated rings. The first-order valence-corrected chi connectivity index (χ1v) is 7.79. The van der Waals surface area contributed by atoms with E-state index in [9.17, 15) is 4.79 Å². The largest absolute Gasteiger partial charge is 0.296 e. The standard InChI is InChI=1S/C13H17N3OS2/c1-7(2)5-10-11(15-9(4)19-10)12(17)16-13-14-6-8(3)18-13/h6-7H,5H2,1-4H3,(H,14,16,17). The molecule has 2 heterocycles. The smallest absolute Gasteiger partial charge is 0.277 e. The first kappa shape index (κ1) is 14.1. The number of amides is 1. The second-order valence-corrected chi connectivity index (χ2v) is 7.36. The zero-order valence-corrected chi connectivity index (χ0v) is 13.1. The number of nitrogens with one attached hydrogen (secondary N) is 1. The molecular formula is C13H17N3OS2. The summed E-state index contributed by atoms with van der Waals surface area (Å²) in [5.74, 6) is 0.350. The number of carbonyl (C=O) groups excluding carboxylic acids is 1. The van der Waals surface area contributed by atoms with E-state index in [2.05, 4.69) is 29.1 Å². The van der Waals surface area contributed by atoms with Crippen molar-refractivity contribution in [1.29, 1.82) is 0 Å². The zero-order chi connectivity index (χ0) is 14.0. The van der Waals surface area contributed by atoms with Gasteiger partial charge in [0.05, 0.1) is 5.01 Å². The summed E-state index contributed by atoms with van der Waals surface area (Å²) in [6, 6.07) is 0. The van der Waals surface area contributed by atoms with Crippen LogP contribution in [0, 0.1) is 19.8 Å². The van der Waals surface area contributed by atoms with Crippen LogP contribution in [0.4, 0.5) is 5.13 Å². The van der Waals surface area contributed by atoms with Gasteiger partial charge in [-0.15, -0.1) is 22.7 Å². The molecule has 0 aliphatic heterocycles. The molecule has 0 aliphatic carbocycles. The van der Waals surface area contributed by atoms with E-state index >= 15 is 0 Å². The lowest BCUT2D eigenvalue weighted by Crippen LogP contribution is -2.14. The van der Waals surface area contributed by atoms with Crippen LogP contribution in [0.3, 0.4) is 0 Å². The van der Waals surface area contributed by atoms with Crippen LogP contribution in [-0.4, -0.2) is 15.9 Å². The fourth-order valence-electron chi connectivity index (χ4n) is 1.72. The van der Waals surface area contributed by atoms with E-state index in [1.54, 1.807) is 17.5 Å². The van der Waals surface area contributed by atoms with E-state index in [1.807, 2.05) is 13.8 Å². The average molecular weight is 295 g/mol. The molecule has 6 heteroatoms. The molecule has 2 aromatic heterocycles. The van der Waals surface area contributed by atoms with Crippen LogP contribution in [0.5, 0.6) is 0 Å². The van der Waals surface area contributed by atoms with Crippen LogP contribution < -0.4 is 5.32 Å². The second kappa shape index (κ2) is 5.79. The highest BCUT2D eigenvalue weighted by atomic mass is 32.1. The number of aromatic nitrogens is 2. The highest BCUT2D eigenvalue weighted by molar-refractivity contribution is 7.15. The van der Waals surface area contributed by atoms with Crippen LogP contribution >= 0.6 is 22.7 Å². The summed E-state index contributed by atoms with van der Waals surface area (Å²) in [5.41, 5.74) is 0.545. The van der Waals surface area contributed by atoms with Crippen LogP contribution in [0.1, 0.15) is 39.1 Å². The third kappa shape index (κ3) is 3.61. The number of anilines is 1. The van der Waals surface area contributed by atoms with Gasteiger partial charge >= 0.3 is 0 Å². The predicted octanol–water partition coefficient (Wildman–Crippen LogP) is 3.67. The Labute approximate surface area is 120 Å². The van der Waals surface area contributed by atoms with Gasteiger partial charge in [0.15, 0.2) is 5.13 Å². The Hall–Kier alpha value is -1.27. The van der Waals surface area contributed by atoms with E-state index in [0.29, 0.717) is 16.7 Å². The maximum absolute atomic E-state index is 12.2. The minimum atomic E-state index is -0.158. The van der Waals surface area contributed by atoms with Crippen molar-refractivity contribution in [1.82, 2.24) is 9.97 Å². The summed E-state index contributed by atoms with van der Waals surface area (Å²) in [6.45, 7) is 8.17. The fraction of sp³-hybridized carbons (Fsp3) is 0.462. The number of rotatable bonds is 4. The summed E-state index contributed by atoms with van der Waals surface area (Å²) in [4.78, 5) is 22.9. The number of aryl methyl sites for hydroxylation is 2. The molecule has 4 nitrogen and oxygen atoms in total. The normalized spacial score (nSPS) is 11.0. The minimum Gasteiger partial charge on any atom is -0.296 e. The monoisotopic (exact) mass is 295 g/mol. The maximum atomic E-state index is 12.2. The van der Waals surface area contributed by atoms with Gasteiger partial charge in [0.25, 0.3) is 5.91 Å². The molecule has 19 heavy (non-hydrogen) atoms. The van der Waals surface area contributed by atoms with Crippen molar-refractivity contribution in [2.75, 3.05) is 5.32 Å². The fourth-order valence-corrected chi connectivity index (χ4v) is 3.53. The average Bonchev–Trinajstić information content (AvgIpc) is 2.84. The van der Waals surface area contributed by atoms with E-state index in [1.165, 1.54) is 11.3 Å². The zero-order valence-electron chi connectivity index (χ0n) is 11.5. The van der Waals surface area contributed by atoms with Crippen LogP contribution in [0.25, 0.3) is 0 Å².